The molecule has 0 aliphatic rings. The normalized spacial score (nSPS) is 10.9. The quantitative estimate of drug-likeness (QED) is 0.413. The van der Waals surface area contributed by atoms with Gasteiger partial charge < -0.3 is 9.26 Å². The molecule has 29 heavy (non-hydrogen) atoms. The summed E-state index contributed by atoms with van der Waals surface area (Å²) in [5.41, 5.74) is 0.786. The van der Waals surface area contributed by atoms with E-state index in [1.165, 1.54) is 12.1 Å². The standard InChI is InChI=1S/C21H12F4N2O2/c22-14-4-1-13(18(24)9-14)11-28-16-6-2-12(3-7-16)20-26-21(29-27-20)17-8-5-15(23)10-19(17)25/h1-10H,11H2. The van der Waals surface area contributed by atoms with E-state index in [0.717, 1.165) is 24.3 Å². The van der Waals surface area contributed by atoms with E-state index in [1.807, 2.05) is 0 Å². The molecule has 0 fully saturated rings. The van der Waals surface area contributed by atoms with Gasteiger partial charge in [0.05, 0.1) is 5.56 Å². The van der Waals surface area contributed by atoms with Gasteiger partial charge in [-0.3, -0.25) is 0 Å². The maximum Gasteiger partial charge on any atom is 0.261 e. The number of aromatic nitrogens is 2. The molecule has 0 amide bonds. The molecule has 0 aliphatic heterocycles. The fourth-order valence-electron chi connectivity index (χ4n) is 2.61. The zero-order valence-corrected chi connectivity index (χ0v) is 14.7. The van der Waals surface area contributed by atoms with Crippen molar-refractivity contribution in [1.82, 2.24) is 10.1 Å². The van der Waals surface area contributed by atoms with Gasteiger partial charge >= 0.3 is 0 Å². The van der Waals surface area contributed by atoms with Gasteiger partial charge in [0.1, 0.15) is 35.6 Å². The molecule has 0 spiro atoms. The Morgan fingerprint density at radius 3 is 2.17 bits per heavy atom. The summed E-state index contributed by atoms with van der Waals surface area (Å²) in [6.45, 7) is -0.0678. The van der Waals surface area contributed by atoms with Crippen molar-refractivity contribution in [2.45, 2.75) is 6.61 Å². The highest BCUT2D eigenvalue weighted by Crippen LogP contribution is 2.26. The predicted molar refractivity (Wildman–Crippen MR) is 95.8 cm³/mol. The van der Waals surface area contributed by atoms with Crippen molar-refractivity contribution < 1.29 is 26.8 Å². The Kier molecular flexibility index (Phi) is 4.99. The van der Waals surface area contributed by atoms with Gasteiger partial charge in [0.15, 0.2) is 0 Å². The summed E-state index contributed by atoms with van der Waals surface area (Å²) in [5, 5.41) is 3.80. The Labute approximate surface area is 162 Å². The second-order valence-corrected chi connectivity index (χ2v) is 6.10. The first-order valence-electron chi connectivity index (χ1n) is 8.46. The van der Waals surface area contributed by atoms with Crippen LogP contribution in [0.15, 0.2) is 65.2 Å². The fraction of sp³-hybridized carbons (Fsp3) is 0.0476. The number of halogens is 4. The van der Waals surface area contributed by atoms with Gasteiger partial charge in [0, 0.05) is 23.3 Å². The monoisotopic (exact) mass is 400 g/mol. The van der Waals surface area contributed by atoms with E-state index in [1.54, 1.807) is 24.3 Å². The van der Waals surface area contributed by atoms with E-state index in [4.69, 9.17) is 9.26 Å². The summed E-state index contributed by atoms with van der Waals surface area (Å²) in [6.07, 6.45) is 0. The minimum absolute atomic E-state index is 0.00794. The van der Waals surface area contributed by atoms with Gasteiger partial charge in [0.25, 0.3) is 5.89 Å². The summed E-state index contributed by atoms with van der Waals surface area (Å²) in [4.78, 5) is 4.12. The van der Waals surface area contributed by atoms with Gasteiger partial charge in [-0.25, -0.2) is 17.6 Å². The third-order valence-electron chi connectivity index (χ3n) is 4.11. The molecule has 0 radical (unpaired) electrons. The Morgan fingerprint density at radius 2 is 1.48 bits per heavy atom. The van der Waals surface area contributed by atoms with Crippen molar-refractivity contribution in [2.24, 2.45) is 0 Å². The first kappa shape index (κ1) is 18.7. The first-order valence-corrected chi connectivity index (χ1v) is 8.46. The largest absolute Gasteiger partial charge is 0.489 e. The lowest BCUT2D eigenvalue weighted by atomic mass is 10.2. The van der Waals surface area contributed by atoms with Crippen LogP contribution in [0.4, 0.5) is 17.6 Å². The number of nitrogens with zero attached hydrogens (tertiary/aromatic N) is 2. The van der Waals surface area contributed by atoms with Crippen LogP contribution in [0.25, 0.3) is 22.8 Å². The van der Waals surface area contributed by atoms with Crippen LogP contribution >= 0.6 is 0 Å². The van der Waals surface area contributed by atoms with Crippen LogP contribution < -0.4 is 4.74 Å². The van der Waals surface area contributed by atoms with Crippen molar-refractivity contribution in [2.75, 3.05) is 0 Å². The van der Waals surface area contributed by atoms with Gasteiger partial charge in [0.2, 0.25) is 5.82 Å². The Hall–Kier alpha value is -3.68. The zero-order chi connectivity index (χ0) is 20.4. The van der Waals surface area contributed by atoms with Crippen LogP contribution in [0.2, 0.25) is 0 Å². The van der Waals surface area contributed by atoms with Gasteiger partial charge in [-0.05, 0) is 48.5 Å². The Balaban J connectivity index is 1.47. The molecule has 1 aromatic heterocycles. The van der Waals surface area contributed by atoms with E-state index in [2.05, 4.69) is 10.1 Å². The van der Waals surface area contributed by atoms with E-state index < -0.39 is 23.3 Å². The second kappa shape index (κ2) is 7.75. The van der Waals surface area contributed by atoms with E-state index in [-0.39, 0.29) is 29.4 Å². The summed E-state index contributed by atoms with van der Waals surface area (Å²) < 4.78 is 64.0. The number of rotatable bonds is 5. The minimum Gasteiger partial charge on any atom is -0.489 e. The molecule has 4 rings (SSSR count). The number of benzene rings is 3. The molecule has 0 bridgehead atoms. The van der Waals surface area contributed by atoms with Crippen molar-refractivity contribution in [3.8, 4) is 28.6 Å². The lowest BCUT2D eigenvalue weighted by molar-refractivity contribution is 0.299. The van der Waals surface area contributed by atoms with E-state index in [9.17, 15) is 17.6 Å². The summed E-state index contributed by atoms with van der Waals surface area (Å²) >= 11 is 0. The van der Waals surface area contributed by atoms with Crippen molar-refractivity contribution in [3.05, 3.63) is 89.5 Å². The summed E-state index contributed by atoms with van der Waals surface area (Å²) in [6, 6.07) is 12.8. The molecule has 4 aromatic rings. The van der Waals surface area contributed by atoms with Gasteiger partial charge in [-0.1, -0.05) is 5.16 Å². The highest BCUT2D eigenvalue weighted by molar-refractivity contribution is 5.60. The number of hydrogen-bond donors (Lipinski definition) is 0. The highest BCUT2D eigenvalue weighted by atomic mass is 19.1. The van der Waals surface area contributed by atoms with E-state index >= 15 is 0 Å². The average molecular weight is 400 g/mol. The molecule has 0 saturated carbocycles. The zero-order valence-electron chi connectivity index (χ0n) is 14.7. The Morgan fingerprint density at radius 1 is 0.793 bits per heavy atom. The lowest BCUT2D eigenvalue weighted by Gasteiger charge is -2.07. The van der Waals surface area contributed by atoms with Crippen LogP contribution in [0, 0.1) is 23.3 Å². The molecule has 0 atom stereocenters. The average Bonchev–Trinajstić information content (AvgIpc) is 3.17. The SMILES string of the molecule is Fc1ccc(COc2ccc(-c3noc(-c4ccc(F)cc4F)n3)cc2)c(F)c1. The third kappa shape index (κ3) is 4.11. The summed E-state index contributed by atoms with van der Waals surface area (Å²) in [5.74, 6) is -2.28. The molecule has 0 unspecified atom stereocenters. The predicted octanol–water partition coefficient (Wildman–Crippen LogP) is 5.54. The van der Waals surface area contributed by atoms with Crippen LogP contribution in [-0.2, 0) is 6.61 Å². The van der Waals surface area contributed by atoms with Crippen molar-refractivity contribution in [1.29, 1.82) is 0 Å². The minimum atomic E-state index is -0.808. The molecule has 8 heteroatoms. The molecule has 1 heterocycles. The molecule has 3 aromatic carbocycles. The molecule has 0 N–H and O–H groups in total. The molecule has 0 aliphatic carbocycles. The first-order chi connectivity index (χ1) is 14.0. The second-order valence-electron chi connectivity index (χ2n) is 6.10. The number of hydrogen-bond acceptors (Lipinski definition) is 4. The third-order valence-corrected chi connectivity index (χ3v) is 4.11. The van der Waals surface area contributed by atoms with Gasteiger partial charge in [-0.2, -0.15) is 4.98 Å². The molecule has 4 nitrogen and oxygen atoms in total. The van der Waals surface area contributed by atoms with E-state index in [0.29, 0.717) is 11.3 Å². The maximum absolute atomic E-state index is 13.8. The van der Waals surface area contributed by atoms with Crippen molar-refractivity contribution >= 4 is 0 Å². The molecular weight excluding hydrogens is 388 g/mol. The molecule has 146 valence electrons. The number of ether oxygens (including phenoxy) is 1. The van der Waals surface area contributed by atoms with Crippen LogP contribution in [0.3, 0.4) is 0 Å². The lowest BCUT2D eigenvalue weighted by Crippen LogP contribution is -1.99. The fourth-order valence-corrected chi connectivity index (χ4v) is 2.61. The Bertz CT molecular complexity index is 1160. The topological polar surface area (TPSA) is 48.2 Å². The molecular formula is C21H12F4N2O2. The summed E-state index contributed by atoms with van der Waals surface area (Å²) in [7, 11) is 0. The van der Waals surface area contributed by atoms with Crippen LogP contribution in [-0.4, -0.2) is 10.1 Å². The van der Waals surface area contributed by atoms with Gasteiger partial charge in [-0.15, -0.1) is 0 Å². The smallest absolute Gasteiger partial charge is 0.261 e. The highest BCUT2D eigenvalue weighted by Gasteiger charge is 2.15. The van der Waals surface area contributed by atoms with Crippen molar-refractivity contribution in [3.63, 3.8) is 0 Å². The van der Waals surface area contributed by atoms with Crippen LogP contribution in [0.5, 0.6) is 5.75 Å². The molecule has 0 saturated heterocycles. The maximum atomic E-state index is 13.8. The van der Waals surface area contributed by atoms with Crippen LogP contribution in [0.1, 0.15) is 5.56 Å².